The van der Waals surface area contributed by atoms with Gasteiger partial charge in [-0.25, -0.2) is 4.39 Å². The van der Waals surface area contributed by atoms with E-state index in [2.05, 4.69) is 0 Å². The van der Waals surface area contributed by atoms with Gasteiger partial charge in [0.25, 0.3) is 5.92 Å². The summed E-state index contributed by atoms with van der Waals surface area (Å²) in [5.74, 6) is -2.94. The molecule has 0 unspecified atom stereocenters. The molecule has 0 fully saturated rings. The molecule has 0 aliphatic carbocycles. The van der Waals surface area contributed by atoms with Crippen LogP contribution in [0.15, 0.2) is 48.5 Å². The summed E-state index contributed by atoms with van der Waals surface area (Å²) in [6.07, 6.45) is 1.33. The van der Waals surface area contributed by atoms with Crippen molar-refractivity contribution in [2.24, 2.45) is 5.73 Å². The fraction of sp³-hybridized carbons (Fsp3) is 0.294. The second kappa shape index (κ2) is 7.31. The van der Waals surface area contributed by atoms with Crippen LogP contribution in [0, 0.1) is 5.82 Å². The molecule has 5 heteroatoms. The molecule has 22 heavy (non-hydrogen) atoms. The van der Waals surface area contributed by atoms with Crippen molar-refractivity contribution >= 4 is 0 Å². The molecule has 2 aromatic rings. The van der Waals surface area contributed by atoms with Crippen molar-refractivity contribution in [3.8, 4) is 5.75 Å². The van der Waals surface area contributed by atoms with Gasteiger partial charge in [-0.2, -0.15) is 8.78 Å². The molecule has 0 atom stereocenters. The molecule has 0 bridgehead atoms. The third-order valence-electron chi connectivity index (χ3n) is 3.28. The van der Waals surface area contributed by atoms with E-state index >= 15 is 0 Å². The van der Waals surface area contributed by atoms with E-state index in [1.807, 2.05) is 6.07 Å². The highest BCUT2D eigenvalue weighted by molar-refractivity contribution is 5.31. The molecule has 2 aromatic carbocycles. The van der Waals surface area contributed by atoms with Crippen molar-refractivity contribution in [2.75, 3.05) is 13.2 Å². The molecular formula is C17H18F3NO. The zero-order valence-electron chi connectivity index (χ0n) is 12.1. The predicted octanol–water partition coefficient (Wildman–Crippen LogP) is 3.89. The average molecular weight is 309 g/mol. The molecule has 0 heterocycles. The summed E-state index contributed by atoms with van der Waals surface area (Å²) in [6, 6.07) is 12.1. The molecular weight excluding hydrogens is 291 g/mol. The van der Waals surface area contributed by atoms with Gasteiger partial charge >= 0.3 is 0 Å². The standard InChI is InChI=1S/C17H18F3NO/c18-15-7-1-4-13(10-15)5-3-9-22-16-8-2-6-14(11-16)17(19,20)12-21/h1-2,4,6-8,10-11H,3,5,9,12,21H2. The number of aryl methyl sites for hydroxylation is 1. The molecule has 0 aliphatic heterocycles. The number of ether oxygens (including phenoxy) is 1. The summed E-state index contributed by atoms with van der Waals surface area (Å²) >= 11 is 0. The Morgan fingerprint density at radius 2 is 1.82 bits per heavy atom. The Bertz CT molecular complexity index is 616. The van der Waals surface area contributed by atoms with Crippen molar-refractivity contribution < 1.29 is 17.9 Å². The van der Waals surface area contributed by atoms with Gasteiger partial charge in [-0.05, 0) is 42.7 Å². The molecule has 2 nitrogen and oxygen atoms in total. The molecule has 0 amide bonds. The van der Waals surface area contributed by atoms with E-state index in [1.54, 1.807) is 12.1 Å². The van der Waals surface area contributed by atoms with Crippen LogP contribution in [0.4, 0.5) is 13.2 Å². The van der Waals surface area contributed by atoms with Crippen LogP contribution < -0.4 is 10.5 Å². The lowest BCUT2D eigenvalue weighted by molar-refractivity contribution is 0.00571. The first-order valence-electron chi connectivity index (χ1n) is 7.07. The third kappa shape index (κ3) is 4.49. The number of hydrogen-bond acceptors (Lipinski definition) is 2. The Morgan fingerprint density at radius 3 is 2.55 bits per heavy atom. The summed E-state index contributed by atoms with van der Waals surface area (Å²) in [5, 5.41) is 0. The number of nitrogens with two attached hydrogens (primary N) is 1. The molecule has 0 spiro atoms. The van der Waals surface area contributed by atoms with Gasteiger partial charge < -0.3 is 10.5 Å². The van der Waals surface area contributed by atoms with Crippen molar-refractivity contribution in [1.29, 1.82) is 0 Å². The minimum atomic E-state index is -3.05. The molecule has 118 valence electrons. The van der Waals surface area contributed by atoms with Gasteiger partial charge in [0.2, 0.25) is 0 Å². The van der Waals surface area contributed by atoms with Crippen LogP contribution in [-0.2, 0) is 12.3 Å². The highest BCUT2D eigenvalue weighted by Gasteiger charge is 2.29. The van der Waals surface area contributed by atoms with Crippen LogP contribution in [0.3, 0.4) is 0 Å². The third-order valence-corrected chi connectivity index (χ3v) is 3.28. The minimum absolute atomic E-state index is 0.155. The molecule has 0 radical (unpaired) electrons. The number of hydrogen-bond donors (Lipinski definition) is 1. The van der Waals surface area contributed by atoms with E-state index in [4.69, 9.17) is 10.5 Å². The Hall–Kier alpha value is -2.01. The van der Waals surface area contributed by atoms with E-state index in [0.717, 1.165) is 5.56 Å². The number of alkyl halides is 2. The Balaban J connectivity index is 1.86. The summed E-state index contributed by atoms with van der Waals surface area (Å²) in [6.45, 7) is -0.371. The molecule has 0 aromatic heterocycles. The second-order valence-corrected chi connectivity index (χ2v) is 5.02. The highest BCUT2D eigenvalue weighted by Crippen LogP contribution is 2.29. The first-order chi connectivity index (χ1) is 10.5. The zero-order valence-corrected chi connectivity index (χ0v) is 12.1. The Labute approximate surface area is 127 Å². The first kappa shape index (κ1) is 16.4. The van der Waals surface area contributed by atoms with E-state index in [-0.39, 0.29) is 11.4 Å². The minimum Gasteiger partial charge on any atom is -0.494 e. The van der Waals surface area contributed by atoms with Crippen molar-refractivity contribution in [2.45, 2.75) is 18.8 Å². The topological polar surface area (TPSA) is 35.2 Å². The average Bonchev–Trinajstić information content (AvgIpc) is 2.52. The molecule has 0 saturated heterocycles. The monoisotopic (exact) mass is 309 g/mol. The van der Waals surface area contributed by atoms with Gasteiger partial charge in [-0.3, -0.25) is 0 Å². The SMILES string of the molecule is NCC(F)(F)c1cccc(OCCCc2cccc(F)c2)c1. The lowest BCUT2D eigenvalue weighted by atomic mass is 10.1. The summed E-state index contributed by atoms with van der Waals surface area (Å²) in [4.78, 5) is 0. The smallest absolute Gasteiger partial charge is 0.285 e. The first-order valence-corrected chi connectivity index (χ1v) is 7.07. The molecule has 2 rings (SSSR count). The quantitative estimate of drug-likeness (QED) is 0.788. The van der Waals surface area contributed by atoms with Crippen molar-refractivity contribution in [1.82, 2.24) is 0 Å². The molecule has 0 aliphatic rings. The maximum atomic E-state index is 13.5. The van der Waals surface area contributed by atoms with E-state index in [9.17, 15) is 13.2 Å². The van der Waals surface area contributed by atoms with Gasteiger partial charge in [0, 0.05) is 5.56 Å². The lowest BCUT2D eigenvalue weighted by Crippen LogP contribution is -2.25. The zero-order chi connectivity index (χ0) is 16.0. The van der Waals surface area contributed by atoms with Gasteiger partial charge in [0.15, 0.2) is 0 Å². The van der Waals surface area contributed by atoms with Crippen LogP contribution in [0.25, 0.3) is 0 Å². The van der Waals surface area contributed by atoms with Crippen molar-refractivity contribution in [3.63, 3.8) is 0 Å². The maximum Gasteiger partial charge on any atom is 0.285 e. The lowest BCUT2D eigenvalue weighted by Gasteiger charge is -2.15. The van der Waals surface area contributed by atoms with E-state index < -0.39 is 12.5 Å². The van der Waals surface area contributed by atoms with Crippen LogP contribution in [0.1, 0.15) is 17.5 Å². The molecule has 2 N–H and O–H groups in total. The summed E-state index contributed by atoms with van der Waals surface area (Å²) in [7, 11) is 0. The van der Waals surface area contributed by atoms with E-state index in [1.165, 1.54) is 30.3 Å². The number of benzene rings is 2. The molecule has 0 saturated carbocycles. The second-order valence-electron chi connectivity index (χ2n) is 5.02. The Kier molecular flexibility index (Phi) is 5.44. The van der Waals surface area contributed by atoms with Gasteiger partial charge in [0.1, 0.15) is 11.6 Å². The van der Waals surface area contributed by atoms with E-state index in [0.29, 0.717) is 25.2 Å². The normalized spacial score (nSPS) is 11.5. The predicted molar refractivity (Wildman–Crippen MR) is 79.6 cm³/mol. The van der Waals surface area contributed by atoms with Crippen LogP contribution in [0.5, 0.6) is 5.75 Å². The Morgan fingerprint density at radius 1 is 1.05 bits per heavy atom. The highest BCUT2D eigenvalue weighted by atomic mass is 19.3. The van der Waals surface area contributed by atoms with Crippen molar-refractivity contribution in [3.05, 3.63) is 65.5 Å². The summed E-state index contributed by atoms with van der Waals surface area (Å²) in [5.41, 5.74) is 5.79. The number of rotatable bonds is 7. The van der Waals surface area contributed by atoms with Crippen LogP contribution in [-0.4, -0.2) is 13.2 Å². The van der Waals surface area contributed by atoms with Gasteiger partial charge in [-0.1, -0.05) is 24.3 Å². The summed E-state index contributed by atoms with van der Waals surface area (Å²) < 4.78 is 45.5. The van der Waals surface area contributed by atoms with Gasteiger partial charge in [0.05, 0.1) is 13.2 Å². The fourth-order valence-electron chi connectivity index (χ4n) is 2.09. The van der Waals surface area contributed by atoms with Gasteiger partial charge in [-0.15, -0.1) is 0 Å². The maximum absolute atomic E-state index is 13.5. The number of halogens is 3. The largest absolute Gasteiger partial charge is 0.494 e. The fourth-order valence-corrected chi connectivity index (χ4v) is 2.09. The van der Waals surface area contributed by atoms with Crippen LogP contribution in [0.2, 0.25) is 0 Å². The van der Waals surface area contributed by atoms with Crippen LogP contribution >= 0.6 is 0 Å².